The molecule has 3 aromatic heterocycles. The van der Waals surface area contributed by atoms with Crippen LogP contribution in [0, 0.1) is 6.92 Å². The maximum absolute atomic E-state index is 13.8. The zero-order valence-corrected chi connectivity index (χ0v) is 20.3. The van der Waals surface area contributed by atoms with E-state index in [0.29, 0.717) is 28.0 Å². The van der Waals surface area contributed by atoms with Gasteiger partial charge in [-0.3, -0.25) is 9.36 Å². The number of ether oxygens (including phenoxy) is 1. The molecule has 0 radical (unpaired) electrons. The van der Waals surface area contributed by atoms with Crippen LogP contribution in [0.15, 0.2) is 73.6 Å². The van der Waals surface area contributed by atoms with Crippen molar-refractivity contribution in [3.05, 3.63) is 90.5 Å². The monoisotopic (exact) mass is 535 g/mol. The van der Waals surface area contributed by atoms with Crippen LogP contribution in [0.5, 0.6) is 11.6 Å². The zero-order valence-electron chi connectivity index (χ0n) is 20.3. The van der Waals surface area contributed by atoms with Crippen LogP contribution >= 0.6 is 0 Å². The Hall–Kier alpha value is -5.20. The molecule has 0 saturated heterocycles. The minimum atomic E-state index is -4.66. The Morgan fingerprint density at radius 3 is 2.59 bits per heavy atom. The second-order valence-electron chi connectivity index (χ2n) is 8.58. The number of alkyl halides is 3. The van der Waals surface area contributed by atoms with Crippen molar-refractivity contribution >= 4 is 28.5 Å². The predicted octanol–water partition coefficient (Wildman–Crippen LogP) is 4.84. The summed E-state index contributed by atoms with van der Waals surface area (Å²) in [5, 5.41) is 3.16. The molecule has 3 N–H and O–H groups in total. The first-order valence-corrected chi connectivity index (χ1v) is 11.5. The van der Waals surface area contributed by atoms with Crippen LogP contribution in [-0.2, 0) is 17.4 Å². The number of anilines is 1. The second-order valence-corrected chi connectivity index (χ2v) is 8.58. The summed E-state index contributed by atoms with van der Waals surface area (Å²) in [5.41, 5.74) is 5.62. The number of imidazole rings is 1. The first kappa shape index (κ1) is 25.4. The summed E-state index contributed by atoms with van der Waals surface area (Å²) < 4.78 is 49.8. The van der Waals surface area contributed by atoms with E-state index in [1.54, 1.807) is 31.2 Å². The lowest BCUT2D eigenvalue weighted by Crippen LogP contribution is -2.19. The summed E-state index contributed by atoms with van der Waals surface area (Å²) in [6.45, 7) is 1.67. The first-order chi connectivity index (χ1) is 18.6. The van der Waals surface area contributed by atoms with Gasteiger partial charge in [0.15, 0.2) is 0 Å². The van der Waals surface area contributed by atoms with Crippen molar-refractivity contribution in [3.8, 4) is 17.3 Å². The Kier molecular flexibility index (Phi) is 6.48. The third-order valence-corrected chi connectivity index (χ3v) is 5.70. The second kappa shape index (κ2) is 9.93. The lowest BCUT2D eigenvalue weighted by Gasteiger charge is -2.16. The van der Waals surface area contributed by atoms with Gasteiger partial charge in [-0.25, -0.2) is 19.7 Å². The SMILES string of the molecule is Cc1cn(-c2ccc(NC(=O)n3ccc4cc(Oc5cc(CC(N)=O)ncn5)ccc43)cc2C(F)(F)F)cn1. The van der Waals surface area contributed by atoms with Crippen molar-refractivity contribution in [3.63, 3.8) is 0 Å². The van der Waals surface area contributed by atoms with Crippen molar-refractivity contribution in [1.82, 2.24) is 24.1 Å². The molecule has 10 nitrogen and oxygen atoms in total. The van der Waals surface area contributed by atoms with Crippen molar-refractivity contribution in [1.29, 1.82) is 0 Å². The molecule has 0 aliphatic rings. The van der Waals surface area contributed by atoms with Crippen molar-refractivity contribution in [2.45, 2.75) is 19.5 Å². The molecule has 0 saturated carbocycles. The fourth-order valence-corrected chi connectivity index (χ4v) is 3.99. The number of fused-ring (bicyclic) bond motifs is 1. The van der Waals surface area contributed by atoms with E-state index < -0.39 is 23.7 Å². The summed E-state index contributed by atoms with van der Waals surface area (Å²) in [6, 6.07) is 10.9. The highest BCUT2D eigenvalue weighted by Crippen LogP contribution is 2.36. The molecule has 5 aromatic rings. The van der Waals surface area contributed by atoms with Gasteiger partial charge < -0.3 is 20.4 Å². The zero-order chi connectivity index (χ0) is 27.7. The van der Waals surface area contributed by atoms with Gasteiger partial charge in [0.25, 0.3) is 0 Å². The molecule has 0 bridgehead atoms. The number of halogens is 3. The molecular formula is C26H20F3N7O3. The molecule has 0 atom stereocenters. The number of rotatable bonds is 6. The molecule has 2 amide bonds. The van der Waals surface area contributed by atoms with E-state index in [1.807, 2.05) is 0 Å². The molecule has 3 heterocycles. The standard InChI is InChI=1S/C26H20F3N7O3/c1-15-12-35(14-33-15)22-4-2-17(9-20(22)26(27,28)29)34-25(38)36-7-6-16-8-19(3-5-21(16)36)39-24-11-18(10-23(30)37)31-13-32-24/h2-9,11-14H,10H2,1H3,(H2,30,37)(H,34,38). The molecular weight excluding hydrogens is 515 g/mol. The Labute approximate surface area is 218 Å². The predicted molar refractivity (Wildman–Crippen MR) is 135 cm³/mol. The number of carbonyl (C=O) groups is 2. The quantitative estimate of drug-likeness (QED) is 0.320. The average Bonchev–Trinajstić information content (AvgIpc) is 3.49. The van der Waals surface area contributed by atoms with E-state index in [0.717, 1.165) is 6.07 Å². The van der Waals surface area contributed by atoms with Gasteiger partial charge in [-0.1, -0.05) is 0 Å². The lowest BCUT2D eigenvalue weighted by atomic mass is 10.1. The Bertz CT molecular complexity index is 1710. The lowest BCUT2D eigenvalue weighted by molar-refractivity contribution is -0.137. The Morgan fingerprint density at radius 1 is 1.05 bits per heavy atom. The number of hydrogen-bond donors (Lipinski definition) is 2. The average molecular weight is 535 g/mol. The summed E-state index contributed by atoms with van der Waals surface area (Å²) >= 11 is 0. The third-order valence-electron chi connectivity index (χ3n) is 5.70. The maximum Gasteiger partial charge on any atom is 0.418 e. The number of amides is 2. The van der Waals surface area contributed by atoms with E-state index in [9.17, 15) is 22.8 Å². The first-order valence-electron chi connectivity index (χ1n) is 11.5. The van der Waals surface area contributed by atoms with Gasteiger partial charge in [-0.05, 0) is 49.4 Å². The van der Waals surface area contributed by atoms with Crippen LogP contribution in [0.1, 0.15) is 17.0 Å². The van der Waals surface area contributed by atoms with Crippen LogP contribution in [0.25, 0.3) is 16.6 Å². The molecule has 0 fully saturated rings. The Balaban J connectivity index is 1.37. The highest BCUT2D eigenvalue weighted by atomic mass is 19.4. The maximum atomic E-state index is 13.8. The van der Waals surface area contributed by atoms with Crippen LogP contribution in [0.4, 0.5) is 23.7 Å². The molecule has 13 heteroatoms. The minimum Gasteiger partial charge on any atom is -0.439 e. The van der Waals surface area contributed by atoms with Gasteiger partial charge in [-0.2, -0.15) is 13.2 Å². The fraction of sp³-hybridized carbons (Fsp3) is 0.115. The van der Waals surface area contributed by atoms with E-state index >= 15 is 0 Å². The number of nitrogens with one attached hydrogen (secondary N) is 1. The van der Waals surface area contributed by atoms with Gasteiger partial charge in [0.1, 0.15) is 12.1 Å². The number of primary amides is 1. The number of hydrogen-bond acceptors (Lipinski definition) is 6. The smallest absolute Gasteiger partial charge is 0.418 e. The molecule has 0 unspecified atom stereocenters. The molecule has 0 spiro atoms. The molecule has 0 aliphatic carbocycles. The number of carbonyl (C=O) groups excluding carboxylic acids is 2. The van der Waals surface area contributed by atoms with Crippen molar-refractivity contribution in [2.75, 3.05) is 5.32 Å². The number of benzene rings is 2. The van der Waals surface area contributed by atoms with Gasteiger partial charge in [0.05, 0.1) is 40.9 Å². The largest absolute Gasteiger partial charge is 0.439 e. The molecule has 0 aliphatic heterocycles. The number of nitrogens with two attached hydrogens (primary N) is 1. The summed E-state index contributed by atoms with van der Waals surface area (Å²) in [7, 11) is 0. The van der Waals surface area contributed by atoms with Crippen LogP contribution in [0.3, 0.4) is 0 Å². The van der Waals surface area contributed by atoms with Gasteiger partial charge in [0, 0.05) is 29.5 Å². The van der Waals surface area contributed by atoms with Crippen LogP contribution < -0.4 is 15.8 Å². The number of aryl methyl sites for hydroxylation is 1. The van der Waals surface area contributed by atoms with E-state index in [2.05, 4.69) is 20.3 Å². The molecule has 39 heavy (non-hydrogen) atoms. The summed E-state index contributed by atoms with van der Waals surface area (Å²) in [4.78, 5) is 36.1. The fourth-order valence-electron chi connectivity index (χ4n) is 3.99. The Morgan fingerprint density at radius 2 is 1.87 bits per heavy atom. The van der Waals surface area contributed by atoms with Gasteiger partial charge >= 0.3 is 12.2 Å². The highest BCUT2D eigenvalue weighted by molar-refractivity contribution is 5.99. The number of nitrogens with zero attached hydrogens (tertiary/aromatic N) is 5. The molecule has 2 aromatic carbocycles. The summed E-state index contributed by atoms with van der Waals surface area (Å²) in [6.07, 6.45) is 0.804. The van der Waals surface area contributed by atoms with E-state index in [-0.39, 0.29) is 23.7 Å². The van der Waals surface area contributed by atoms with Crippen LogP contribution in [-0.4, -0.2) is 36.0 Å². The van der Waals surface area contributed by atoms with E-state index in [4.69, 9.17) is 10.5 Å². The van der Waals surface area contributed by atoms with Gasteiger partial charge in [0.2, 0.25) is 11.8 Å². The normalized spacial score (nSPS) is 11.5. The van der Waals surface area contributed by atoms with Crippen LogP contribution in [0.2, 0.25) is 0 Å². The summed E-state index contributed by atoms with van der Waals surface area (Å²) in [5.74, 6) is 0.0663. The highest BCUT2D eigenvalue weighted by Gasteiger charge is 2.34. The van der Waals surface area contributed by atoms with Crippen molar-refractivity contribution in [2.24, 2.45) is 5.73 Å². The topological polar surface area (TPSA) is 130 Å². The minimum absolute atomic E-state index is 0.0229. The molecule has 198 valence electrons. The van der Waals surface area contributed by atoms with Crippen molar-refractivity contribution < 1.29 is 27.5 Å². The molecule has 5 rings (SSSR count). The van der Waals surface area contributed by atoms with Gasteiger partial charge in [-0.15, -0.1) is 0 Å². The number of aromatic nitrogens is 5. The third kappa shape index (κ3) is 5.56. The van der Waals surface area contributed by atoms with E-state index in [1.165, 1.54) is 52.4 Å².